The molecule has 1 aliphatic heterocycles. The third-order valence-corrected chi connectivity index (χ3v) is 5.82. The van der Waals surface area contributed by atoms with Gasteiger partial charge in [-0.2, -0.15) is 0 Å². The van der Waals surface area contributed by atoms with E-state index in [9.17, 15) is 0 Å². The van der Waals surface area contributed by atoms with Gasteiger partial charge < -0.3 is 18.8 Å². The van der Waals surface area contributed by atoms with E-state index in [1.165, 1.54) is 27.4 Å². The molecule has 142 valence electrons. The molecular formula is C24H23NO3. The Morgan fingerprint density at radius 3 is 2.46 bits per heavy atom. The molecule has 1 aromatic heterocycles. The highest BCUT2D eigenvalue weighted by atomic mass is 16.5. The van der Waals surface area contributed by atoms with Gasteiger partial charge in [0.1, 0.15) is 6.10 Å². The summed E-state index contributed by atoms with van der Waals surface area (Å²) in [5, 5.41) is 2.52. The summed E-state index contributed by atoms with van der Waals surface area (Å²) in [5.74, 6) is 1.51. The molecule has 0 radical (unpaired) electrons. The Bertz CT molecular complexity index is 1190. The summed E-state index contributed by atoms with van der Waals surface area (Å²) < 4.78 is 19.5. The third-order valence-electron chi connectivity index (χ3n) is 5.82. The largest absolute Gasteiger partial charge is 0.493 e. The second-order valence-corrected chi connectivity index (χ2v) is 7.26. The predicted molar refractivity (Wildman–Crippen MR) is 111 cm³/mol. The molecule has 1 aliphatic rings. The molecule has 1 atom stereocenters. The Morgan fingerprint density at radius 2 is 1.64 bits per heavy atom. The van der Waals surface area contributed by atoms with Crippen molar-refractivity contribution in [2.24, 2.45) is 7.05 Å². The topological polar surface area (TPSA) is 32.6 Å². The highest BCUT2D eigenvalue weighted by Crippen LogP contribution is 2.41. The van der Waals surface area contributed by atoms with Crippen molar-refractivity contribution >= 4 is 21.8 Å². The third kappa shape index (κ3) is 2.49. The average molecular weight is 373 g/mol. The van der Waals surface area contributed by atoms with Gasteiger partial charge in [-0.1, -0.05) is 24.3 Å². The van der Waals surface area contributed by atoms with Crippen LogP contribution in [-0.2, 0) is 18.2 Å². The minimum absolute atomic E-state index is 0.105. The fourth-order valence-corrected chi connectivity index (χ4v) is 4.40. The zero-order valence-electron chi connectivity index (χ0n) is 16.4. The average Bonchev–Trinajstić information content (AvgIpc) is 3.04. The van der Waals surface area contributed by atoms with Gasteiger partial charge in [-0.25, -0.2) is 0 Å². The van der Waals surface area contributed by atoms with E-state index in [0.29, 0.717) is 6.61 Å². The van der Waals surface area contributed by atoms with Crippen molar-refractivity contribution in [2.75, 3.05) is 20.8 Å². The molecule has 4 nitrogen and oxygen atoms in total. The first-order valence-corrected chi connectivity index (χ1v) is 9.54. The summed E-state index contributed by atoms with van der Waals surface area (Å²) in [6, 6.07) is 19.3. The van der Waals surface area contributed by atoms with E-state index < -0.39 is 0 Å². The number of ether oxygens (including phenoxy) is 3. The lowest BCUT2D eigenvalue weighted by molar-refractivity contribution is 0.0696. The summed E-state index contributed by atoms with van der Waals surface area (Å²) in [6.07, 6.45) is 0.773. The molecule has 0 spiro atoms. The number of methoxy groups -OCH3 is 2. The molecule has 0 amide bonds. The van der Waals surface area contributed by atoms with Gasteiger partial charge in [-0.05, 0) is 53.4 Å². The number of hydrogen-bond acceptors (Lipinski definition) is 3. The molecular weight excluding hydrogens is 350 g/mol. The van der Waals surface area contributed by atoms with Crippen molar-refractivity contribution in [1.29, 1.82) is 0 Å². The molecule has 0 bridgehead atoms. The summed E-state index contributed by atoms with van der Waals surface area (Å²) >= 11 is 0. The number of nitrogens with zero attached hydrogens (tertiary/aromatic N) is 1. The zero-order chi connectivity index (χ0) is 19.3. The molecule has 0 saturated heterocycles. The van der Waals surface area contributed by atoms with Crippen LogP contribution in [0.3, 0.4) is 0 Å². The minimum atomic E-state index is -0.105. The Kier molecular flexibility index (Phi) is 4.02. The molecule has 5 rings (SSSR count). The second-order valence-electron chi connectivity index (χ2n) is 7.26. The minimum Gasteiger partial charge on any atom is -0.493 e. The first-order chi connectivity index (χ1) is 13.7. The van der Waals surface area contributed by atoms with Crippen LogP contribution < -0.4 is 9.47 Å². The SMILES string of the molecule is COc1cc2c(cc1OC)[C@@H](c1ccc3c(c1)c1ccccc1n3C)OCC2. The van der Waals surface area contributed by atoms with E-state index in [4.69, 9.17) is 14.2 Å². The fourth-order valence-electron chi connectivity index (χ4n) is 4.40. The molecule has 4 aromatic rings. The summed E-state index contributed by atoms with van der Waals surface area (Å²) in [4.78, 5) is 0. The van der Waals surface area contributed by atoms with Crippen LogP contribution in [0.2, 0.25) is 0 Å². The Hall–Kier alpha value is -2.98. The Labute approximate surface area is 164 Å². The lowest BCUT2D eigenvalue weighted by atomic mass is 9.91. The van der Waals surface area contributed by atoms with Gasteiger partial charge >= 0.3 is 0 Å². The molecule has 0 N–H and O–H groups in total. The summed E-state index contributed by atoms with van der Waals surface area (Å²) in [6.45, 7) is 0.695. The predicted octanol–water partition coefficient (Wildman–Crippen LogP) is 5.01. The van der Waals surface area contributed by atoms with Crippen molar-refractivity contribution < 1.29 is 14.2 Å². The quantitative estimate of drug-likeness (QED) is 0.506. The lowest BCUT2D eigenvalue weighted by Crippen LogP contribution is -2.17. The maximum absolute atomic E-state index is 6.23. The van der Waals surface area contributed by atoms with Crippen LogP contribution in [0.4, 0.5) is 0 Å². The standard InChI is InChI=1S/C24H23NO3/c1-25-20-7-5-4-6-17(20)19-12-16(8-9-21(19)25)24-18-14-23(27-3)22(26-2)13-15(18)10-11-28-24/h4-9,12-14,24H,10-11H2,1-3H3/t24-/m1/s1. The number of aryl methyl sites for hydroxylation is 1. The van der Waals surface area contributed by atoms with Crippen LogP contribution in [0.15, 0.2) is 54.6 Å². The van der Waals surface area contributed by atoms with Gasteiger partial charge in [-0.3, -0.25) is 0 Å². The van der Waals surface area contributed by atoms with E-state index in [1.54, 1.807) is 14.2 Å². The maximum atomic E-state index is 6.23. The van der Waals surface area contributed by atoms with E-state index in [0.717, 1.165) is 29.0 Å². The lowest BCUT2D eigenvalue weighted by Gasteiger charge is -2.28. The molecule has 0 aliphatic carbocycles. The molecule has 0 fully saturated rings. The highest BCUT2D eigenvalue weighted by Gasteiger charge is 2.25. The van der Waals surface area contributed by atoms with Crippen molar-refractivity contribution in [3.05, 3.63) is 71.3 Å². The number of fused-ring (bicyclic) bond motifs is 4. The molecule has 4 heteroatoms. The van der Waals surface area contributed by atoms with Crippen molar-refractivity contribution in [1.82, 2.24) is 4.57 Å². The normalized spacial score (nSPS) is 16.3. The van der Waals surface area contributed by atoms with E-state index >= 15 is 0 Å². The van der Waals surface area contributed by atoms with Gasteiger partial charge in [-0.15, -0.1) is 0 Å². The summed E-state index contributed by atoms with van der Waals surface area (Å²) in [7, 11) is 5.47. The van der Waals surface area contributed by atoms with Crippen LogP contribution in [0.25, 0.3) is 21.8 Å². The van der Waals surface area contributed by atoms with Crippen molar-refractivity contribution in [3.8, 4) is 11.5 Å². The van der Waals surface area contributed by atoms with Gasteiger partial charge in [0, 0.05) is 28.9 Å². The molecule has 0 saturated carbocycles. The zero-order valence-corrected chi connectivity index (χ0v) is 16.4. The van der Waals surface area contributed by atoms with Gasteiger partial charge in [0.2, 0.25) is 0 Å². The van der Waals surface area contributed by atoms with E-state index in [1.807, 2.05) is 0 Å². The van der Waals surface area contributed by atoms with Gasteiger partial charge in [0.25, 0.3) is 0 Å². The smallest absolute Gasteiger partial charge is 0.161 e. The van der Waals surface area contributed by atoms with Crippen molar-refractivity contribution in [2.45, 2.75) is 12.5 Å². The van der Waals surface area contributed by atoms with Crippen LogP contribution in [0.1, 0.15) is 22.8 Å². The van der Waals surface area contributed by atoms with Crippen LogP contribution in [0, 0.1) is 0 Å². The highest BCUT2D eigenvalue weighted by molar-refractivity contribution is 6.08. The van der Waals surface area contributed by atoms with Crippen LogP contribution in [-0.4, -0.2) is 25.4 Å². The van der Waals surface area contributed by atoms with Crippen molar-refractivity contribution in [3.63, 3.8) is 0 Å². The number of aromatic nitrogens is 1. The van der Waals surface area contributed by atoms with E-state index in [2.05, 4.69) is 66.2 Å². The number of hydrogen-bond donors (Lipinski definition) is 0. The maximum Gasteiger partial charge on any atom is 0.161 e. The Balaban J connectivity index is 1.68. The van der Waals surface area contributed by atoms with Crippen LogP contribution in [0.5, 0.6) is 11.5 Å². The second kappa shape index (κ2) is 6.57. The number of benzene rings is 3. The molecule has 3 aromatic carbocycles. The first kappa shape index (κ1) is 17.1. The fraction of sp³-hybridized carbons (Fsp3) is 0.250. The molecule has 2 heterocycles. The number of rotatable bonds is 3. The Morgan fingerprint density at radius 1 is 0.893 bits per heavy atom. The monoisotopic (exact) mass is 373 g/mol. The van der Waals surface area contributed by atoms with Gasteiger partial charge in [0.05, 0.1) is 20.8 Å². The van der Waals surface area contributed by atoms with E-state index in [-0.39, 0.29) is 6.10 Å². The van der Waals surface area contributed by atoms with Crippen LogP contribution >= 0.6 is 0 Å². The van der Waals surface area contributed by atoms with Gasteiger partial charge in [0.15, 0.2) is 11.5 Å². The number of para-hydroxylation sites is 1. The molecule has 0 unspecified atom stereocenters. The summed E-state index contributed by atoms with van der Waals surface area (Å²) in [5.41, 5.74) is 6.05. The first-order valence-electron chi connectivity index (χ1n) is 9.54. The molecule has 28 heavy (non-hydrogen) atoms.